The summed E-state index contributed by atoms with van der Waals surface area (Å²) >= 11 is 0. The molecule has 0 fully saturated rings. The van der Waals surface area contributed by atoms with Crippen molar-refractivity contribution in [2.75, 3.05) is 13.7 Å². The van der Waals surface area contributed by atoms with E-state index < -0.39 is 23.3 Å². The third-order valence-corrected chi connectivity index (χ3v) is 5.43. The molecule has 4 rings (SSSR count). The van der Waals surface area contributed by atoms with E-state index in [1.165, 1.54) is 24.3 Å². The van der Waals surface area contributed by atoms with Gasteiger partial charge in [0, 0.05) is 13.0 Å². The fourth-order valence-electron chi connectivity index (χ4n) is 3.53. The quantitative estimate of drug-likeness (QED) is 0.327. The lowest BCUT2D eigenvalue weighted by Gasteiger charge is -2.10. The number of carbonyl (C=O) groups is 2. The zero-order chi connectivity index (χ0) is 25.7. The van der Waals surface area contributed by atoms with E-state index in [1.54, 1.807) is 43.5 Å². The lowest BCUT2D eigenvalue weighted by atomic mass is 10.1. The number of aromatic amines is 1. The van der Waals surface area contributed by atoms with Gasteiger partial charge in [-0.05, 0) is 47.5 Å². The van der Waals surface area contributed by atoms with Crippen LogP contribution in [-0.4, -0.2) is 40.7 Å². The first-order valence-electron chi connectivity index (χ1n) is 10.9. The second kappa shape index (κ2) is 10.7. The molecule has 0 unspecified atom stereocenters. The maximum Gasteiger partial charge on any atom is 0.335 e. The van der Waals surface area contributed by atoms with Gasteiger partial charge < -0.3 is 24.9 Å². The molecule has 1 aromatic heterocycles. The van der Waals surface area contributed by atoms with Gasteiger partial charge in [-0.3, -0.25) is 9.59 Å². The second-order valence-electron chi connectivity index (χ2n) is 7.82. The number of methoxy groups -OCH3 is 1. The van der Waals surface area contributed by atoms with Crippen LogP contribution in [0.2, 0.25) is 0 Å². The van der Waals surface area contributed by atoms with Crippen LogP contribution in [0.15, 0.2) is 65.5 Å². The number of ether oxygens (including phenoxy) is 2. The Bertz CT molecular complexity index is 1480. The average molecular weight is 491 g/mol. The summed E-state index contributed by atoms with van der Waals surface area (Å²) in [6.07, 6.45) is 0.401. The first-order chi connectivity index (χ1) is 17.4. The summed E-state index contributed by atoms with van der Waals surface area (Å²) in [7, 11) is 1.54. The molecule has 184 valence electrons. The van der Waals surface area contributed by atoms with Gasteiger partial charge in [0.15, 0.2) is 17.4 Å². The Morgan fingerprint density at radius 3 is 2.58 bits per heavy atom. The van der Waals surface area contributed by atoms with E-state index in [0.717, 1.165) is 11.1 Å². The first kappa shape index (κ1) is 24.4. The Morgan fingerprint density at radius 2 is 1.86 bits per heavy atom. The number of aromatic carboxylic acids is 1. The van der Waals surface area contributed by atoms with Crippen molar-refractivity contribution in [3.8, 4) is 11.5 Å². The number of hydrogen-bond donors (Lipinski definition) is 3. The lowest BCUT2D eigenvalue weighted by molar-refractivity contribution is 0.0696. The van der Waals surface area contributed by atoms with Crippen molar-refractivity contribution in [1.82, 2.24) is 15.3 Å². The van der Waals surface area contributed by atoms with E-state index in [-0.39, 0.29) is 41.2 Å². The second-order valence-corrected chi connectivity index (χ2v) is 7.82. The molecule has 3 aromatic carbocycles. The fraction of sp³-hybridized carbons (Fsp3) is 0.154. The lowest BCUT2D eigenvalue weighted by Crippen LogP contribution is -2.27. The van der Waals surface area contributed by atoms with Crippen LogP contribution in [0.1, 0.15) is 32.1 Å². The summed E-state index contributed by atoms with van der Waals surface area (Å²) < 4.78 is 25.7. The van der Waals surface area contributed by atoms with Gasteiger partial charge in [0.25, 0.3) is 11.5 Å². The Labute approximate surface area is 204 Å². The molecule has 0 radical (unpaired) electrons. The number of H-pyrrole nitrogens is 1. The minimum atomic E-state index is -1.02. The van der Waals surface area contributed by atoms with Gasteiger partial charge in [-0.1, -0.05) is 24.3 Å². The monoisotopic (exact) mass is 491 g/mol. The number of benzene rings is 3. The van der Waals surface area contributed by atoms with Gasteiger partial charge in [-0.15, -0.1) is 0 Å². The minimum absolute atomic E-state index is 0.0133. The van der Waals surface area contributed by atoms with Gasteiger partial charge in [0.1, 0.15) is 11.1 Å². The molecule has 0 atom stereocenters. The van der Waals surface area contributed by atoms with E-state index in [4.69, 9.17) is 14.6 Å². The van der Waals surface area contributed by atoms with Gasteiger partial charge in [-0.25, -0.2) is 14.2 Å². The number of rotatable bonds is 9. The highest BCUT2D eigenvalue weighted by atomic mass is 19.1. The molecule has 0 aliphatic rings. The van der Waals surface area contributed by atoms with Crippen molar-refractivity contribution in [2.45, 2.75) is 13.0 Å². The normalized spacial score (nSPS) is 10.7. The number of nitrogens with zero attached hydrogens (tertiary/aromatic N) is 1. The topological polar surface area (TPSA) is 131 Å². The van der Waals surface area contributed by atoms with E-state index in [1.807, 2.05) is 0 Å². The molecular weight excluding hydrogens is 469 g/mol. The summed E-state index contributed by atoms with van der Waals surface area (Å²) in [6.45, 7) is 0.281. The molecule has 0 spiro atoms. The molecule has 36 heavy (non-hydrogen) atoms. The average Bonchev–Trinajstić information content (AvgIpc) is 2.88. The zero-order valence-corrected chi connectivity index (χ0v) is 19.2. The highest BCUT2D eigenvalue weighted by molar-refractivity contribution is 5.92. The maximum atomic E-state index is 15.0. The number of fused-ring (bicyclic) bond motifs is 1. The third kappa shape index (κ3) is 5.49. The van der Waals surface area contributed by atoms with Crippen LogP contribution in [0.4, 0.5) is 4.39 Å². The highest BCUT2D eigenvalue weighted by Gasteiger charge is 2.17. The number of carboxylic acids is 1. The molecule has 1 heterocycles. The van der Waals surface area contributed by atoms with Crippen LogP contribution < -0.4 is 20.3 Å². The highest BCUT2D eigenvalue weighted by Crippen LogP contribution is 2.23. The molecule has 0 aliphatic carbocycles. The fourth-order valence-corrected chi connectivity index (χ4v) is 3.53. The van der Waals surface area contributed by atoms with Crippen LogP contribution >= 0.6 is 0 Å². The van der Waals surface area contributed by atoms with Crippen LogP contribution in [0, 0.1) is 5.82 Å². The standard InChI is InChI=1S/C26H22FN3O6/c1-35-18-4-2-3-16(13-18)14-28-25(32)23-29-19-9-10-20(22(27)21(19)24(31)30-23)36-12-11-15-5-7-17(8-6-15)26(33)34/h2-10,13H,11-12,14H2,1H3,(H,28,32)(H,33,34)(H,29,30,31). The summed E-state index contributed by atoms with van der Waals surface area (Å²) in [6, 6.07) is 16.1. The predicted molar refractivity (Wildman–Crippen MR) is 129 cm³/mol. The van der Waals surface area contributed by atoms with Crippen molar-refractivity contribution in [3.05, 3.63) is 99.3 Å². The van der Waals surface area contributed by atoms with Crippen LogP contribution in [0.5, 0.6) is 11.5 Å². The summed E-state index contributed by atoms with van der Waals surface area (Å²) in [4.78, 5) is 42.5. The SMILES string of the molecule is COc1cccc(CNC(=O)c2nc3ccc(OCCc4ccc(C(=O)O)cc4)c(F)c3c(=O)[nH]2)c1. The molecule has 0 aliphatic heterocycles. The predicted octanol–water partition coefficient (Wildman–Crippen LogP) is 3.32. The van der Waals surface area contributed by atoms with E-state index in [0.29, 0.717) is 12.2 Å². The number of carboxylic acid groups (broad SMARTS) is 1. The summed E-state index contributed by atoms with van der Waals surface area (Å²) in [5.74, 6) is -2.26. The van der Waals surface area contributed by atoms with E-state index in [2.05, 4.69) is 15.3 Å². The Kier molecular flexibility index (Phi) is 7.24. The van der Waals surface area contributed by atoms with Crippen LogP contribution in [0.25, 0.3) is 10.9 Å². The summed E-state index contributed by atoms with van der Waals surface area (Å²) in [5, 5.41) is 11.3. The van der Waals surface area contributed by atoms with Crippen LogP contribution in [-0.2, 0) is 13.0 Å². The third-order valence-electron chi connectivity index (χ3n) is 5.43. The van der Waals surface area contributed by atoms with E-state index in [9.17, 15) is 14.4 Å². The molecule has 4 aromatic rings. The van der Waals surface area contributed by atoms with Gasteiger partial charge in [0.2, 0.25) is 0 Å². The molecule has 0 bridgehead atoms. The zero-order valence-electron chi connectivity index (χ0n) is 19.2. The smallest absolute Gasteiger partial charge is 0.335 e. The number of hydrogen-bond acceptors (Lipinski definition) is 6. The molecule has 1 amide bonds. The number of amides is 1. The summed E-state index contributed by atoms with van der Waals surface area (Å²) in [5.41, 5.74) is 0.972. The number of nitrogens with one attached hydrogen (secondary N) is 2. The van der Waals surface area contributed by atoms with E-state index >= 15 is 4.39 Å². The Hall–Kier alpha value is -4.73. The molecule has 0 saturated heterocycles. The molecule has 3 N–H and O–H groups in total. The maximum absolute atomic E-state index is 15.0. The van der Waals surface area contributed by atoms with Gasteiger partial charge >= 0.3 is 5.97 Å². The minimum Gasteiger partial charge on any atom is -0.497 e. The number of aromatic nitrogens is 2. The van der Waals surface area contributed by atoms with Crippen molar-refractivity contribution < 1.29 is 28.6 Å². The molecule has 0 saturated carbocycles. The molecule has 10 heteroatoms. The van der Waals surface area contributed by atoms with Crippen molar-refractivity contribution >= 4 is 22.8 Å². The Morgan fingerprint density at radius 1 is 1.08 bits per heavy atom. The van der Waals surface area contributed by atoms with Crippen LogP contribution in [0.3, 0.4) is 0 Å². The van der Waals surface area contributed by atoms with Crippen molar-refractivity contribution in [2.24, 2.45) is 0 Å². The number of halogens is 1. The Balaban J connectivity index is 1.44. The molecular formula is C26H22FN3O6. The van der Waals surface area contributed by atoms with Gasteiger partial charge in [-0.2, -0.15) is 0 Å². The van der Waals surface area contributed by atoms with Crippen molar-refractivity contribution in [3.63, 3.8) is 0 Å². The molecule has 9 nitrogen and oxygen atoms in total. The van der Waals surface area contributed by atoms with Gasteiger partial charge in [0.05, 0.1) is 24.8 Å². The number of carbonyl (C=O) groups excluding carboxylic acids is 1. The largest absolute Gasteiger partial charge is 0.497 e. The first-order valence-corrected chi connectivity index (χ1v) is 10.9. The van der Waals surface area contributed by atoms with Crippen molar-refractivity contribution in [1.29, 1.82) is 0 Å².